The summed E-state index contributed by atoms with van der Waals surface area (Å²) in [4.78, 5) is 16.6. The van der Waals surface area contributed by atoms with Gasteiger partial charge in [-0.1, -0.05) is 11.8 Å². The fourth-order valence-corrected chi connectivity index (χ4v) is 4.66. The van der Waals surface area contributed by atoms with E-state index in [4.69, 9.17) is 15.2 Å². The molecule has 166 valence electrons. The van der Waals surface area contributed by atoms with Gasteiger partial charge in [-0.05, 0) is 45.4 Å². The number of nitrogen functional groups attached to an aromatic ring is 1. The summed E-state index contributed by atoms with van der Waals surface area (Å²) < 4.78 is 64.8. The van der Waals surface area contributed by atoms with Crippen LogP contribution in [0.5, 0.6) is 0 Å². The number of aliphatic imine (C=N–C) groups is 1. The lowest BCUT2D eigenvalue weighted by Gasteiger charge is -2.46. The Bertz CT molecular complexity index is 856. The van der Waals surface area contributed by atoms with Crippen molar-refractivity contribution in [3.63, 3.8) is 0 Å². The second-order valence-corrected chi connectivity index (χ2v) is 9.30. The van der Waals surface area contributed by atoms with E-state index in [1.807, 2.05) is 0 Å². The minimum absolute atomic E-state index is 0.0388. The molecule has 30 heavy (non-hydrogen) atoms. The number of benzene rings is 1. The van der Waals surface area contributed by atoms with Gasteiger partial charge in [-0.2, -0.15) is 13.2 Å². The molecule has 0 aliphatic carbocycles. The fraction of sp³-hybridized carbons (Fsp3) is 0.579. The minimum atomic E-state index is -4.54. The molecule has 2 aliphatic heterocycles. The number of alkyl carbamates (subject to hydrolysis) is 1. The molecule has 2 aliphatic rings. The van der Waals surface area contributed by atoms with Gasteiger partial charge in [0, 0.05) is 22.9 Å². The Morgan fingerprint density at radius 3 is 2.70 bits per heavy atom. The predicted molar refractivity (Wildman–Crippen MR) is 106 cm³/mol. The summed E-state index contributed by atoms with van der Waals surface area (Å²) in [7, 11) is 0. The van der Waals surface area contributed by atoms with Crippen LogP contribution in [0.15, 0.2) is 23.2 Å². The number of amides is 1. The molecule has 0 bridgehead atoms. The first-order valence-corrected chi connectivity index (χ1v) is 10.3. The van der Waals surface area contributed by atoms with Gasteiger partial charge in [-0.3, -0.25) is 5.32 Å². The molecule has 3 rings (SSSR count). The van der Waals surface area contributed by atoms with E-state index in [0.29, 0.717) is 0 Å². The molecule has 0 saturated carbocycles. The molecule has 0 aromatic heterocycles. The van der Waals surface area contributed by atoms with Gasteiger partial charge in [0.25, 0.3) is 0 Å². The second kappa shape index (κ2) is 7.92. The molecule has 3 atom stereocenters. The van der Waals surface area contributed by atoms with Crippen molar-refractivity contribution in [3.05, 3.63) is 29.6 Å². The number of nitrogens with one attached hydrogen (secondary N) is 1. The number of carbonyl (C=O) groups excluding carboxylic acids is 1. The van der Waals surface area contributed by atoms with Gasteiger partial charge in [0.2, 0.25) is 0 Å². The lowest BCUT2D eigenvalue weighted by atomic mass is 9.74. The first kappa shape index (κ1) is 22.7. The van der Waals surface area contributed by atoms with Crippen molar-refractivity contribution < 1.29 is 31.8 Å². The van der Waals surface area contributed by atoms with Gasteiger partial charge in [0.1, 0.15) is 17.0 Å². The van der Waals surface area contributed by atoms with E-state index in [2.05, 4.69) is 10.3 Å². The van der Waals surface area contributed by atoms with Crippen LogP contribution in [0.3, 0.4) is 0 Å². The highest BCUT2D eigenvalue weighted by atomic mass is 32.2. The number of rotatable bonds is 1. The van der Waals surface area contributed by atoms with Crippen LogP contribution in [-0.4, -0.2) is 41.5 Å². The number of nitrogens with two attached hydrogens (primary N) is 1. The highest BCUT2D eigenvalue weighted by Gasteiger charge is 2.55. The summed E-state index contributed by atoms with van der Waals surface area (Å²) in [5, 5.41) is 2.62. The summed E-state index contributed by atoms with van der Waals surface area (Å²) in [6.45, 7) is 4.57. The quantitative estimate of drug-likeness (QED) is 0.496. The van der Waals surface area contributed by atoms with Crippen molar-refractivity contribution in [2.24, 2.45) is 10.9 Å². The molecule has 1 amide bonds. The van der Waals surface area contributed by atoms with E-state index in [1.54, 1.807) is 20.8 Å². The molecule has 1 saturated heterocycles. The van der Waals surface area contributed by atoms with Gasteiger partial charge in [-0.25, -0.2) is 14.2 Å². The number of hydrogen-bond acceptors (Lipinski definition) is 6. The molecular weight excluding hydrogens is 426 g/mol. The van der Waals surface area contributed by atoms with Crippen molar-refractivity contribution in [1.29, 1.82) is 0 Å². The number of nitrogens with zero attached hydrogens (tertiary/aromatic N) is 1. The number of thioether (sulfide) groups is 1. The Hall–Kier alpha value is -2.01. The Morgan fingerprint density at radius 1 is 1.37 bits per heavy atom. The normalized spacial score (nSPS) is 27.1. The van der Waals surface area contributed by atoms with Crippen LogP contribution < -0.4 is 11.1 Å². The minimum Gasteiger partial charge on any atom is -0.444 e. The standard InChI is InChI=1S/C19H23F4N3O3S/c1-17(2,3)29-16(27)25-15-26-18(12-7-11(24)4-5-13(12)20)9-28-14(19(21,22)23)6-10(18)8-30-15/h4-5,7,10,14H,6,8-9,24H2,1-3H3,(H,25,26,27)/t10-,14+,18-/m0/s1. The Labute approximate surface area is 175 Å². The smallest absolute Gasteiger partial charge is 0.414 e. The second-order valence-electron chi connectivity index (χ2n) is 8.29. The summed E-state index contributed by atoms with van der Waals surface area (Å²) >= 11 is 1.08. The number of halogens is 4. The average Bonchev–Trinajstić information content (AvgIpc) is 2.60. The van der Waals surface area contributed by atoms with Crippen LogP contribution in [0.4, 0.5) is 28.0 Å². The van der Waals surface area contributed by atoms with Gasteiger partial charge >= 0.3 is 12.3 Å². The zero-order valence-corrected chi connectivity index (χ0v) is 17.5. The Balaban J connectivity index is 1.99. The molecule has 0 radical (unpaired) electrons. The molecular formula is C19H23F4N3O3S. The monoisotopic (exact) mass is 449 g/mol. The molecule has 2 heterocycles. The number of ether oxygens (including phenoxy) is 2. The summed E-state index contributed by atoms with van der Waals surface area (Å²) in [6, 6.07) is 3.85. The SMILES string of the molecule is CC(C)(C)OC(=O)NC1=N[C@@]2(c3cc(N)ccc3F)CO[C@@H](C(F)(F)F)C[C@H]2CS1. The highest BCUT2D eigenvalue weighted by Crippen LogP contribution is 2.49. The fourth-order valence-electron chi connectivity index (χ4n) is 3.50. The zero-order chi connectivity index (χ0) is 22.3. The van der Waals surface area contributed by atoms with Crippen molar-refractivity contribution in [3.8, 4) is 0 Å². The topological polar surface area (TPSA) is 85.9 Å². The zero-order valence-electron chi connectivity index (χ0n) is 16.7. The maximum absolute atomic E-state index is 14.7. The number of fused-ring (bicyclic) bond motifs is 1. The number of amidine groups is 1. The van der Waals surface area contributed by atoms with Crippen molar-refractivity contribution in [2.75, 3.05) is 18.1 Å². The Kier molecular flexibility index (Phi) is 5.98. The van der Waals surface area contributed by atoms with E-state index >= 15 is 0 Å². The number of hydrogen-bond donors (Lipinski definition) is 2. The van der Waals surface area contributed by atoms with Crippen molar-refractivity contribution in [2.45, 2.75) is 50.6 Å². The predicted octanol–water partition coefficient (Wildman–Crippen LogP) is 4.20. The van der Waals surface area contributed by atoms with E-state index < -0.39 is 47.9 Å². The van der Waals surface area contributed by atoms with Crippen LogP contribution in [0.25, 0.3) is 0 Å². The van der Waals surface area contributed by atoms with E-state index in [9.17, 15) is 22.4 Å². The third-order valence-corrected chi connectivity index (χ3v) is 5.87. The maximum atomic E-state index is 14.7. The van der Waals surface area contributed by atoms with Crippen LogP contribution in [0.1, 0.15) is 32.8 Å². The molecule has 0 unspecified atom stereocenters. The highest BCUT2D eigenvalue weighted by molar-refractivity contribution is 8.13. The summed E-state index contributed by atoms with van der Waals surface area (Å²) in [6.07, 6.45) is -7.64. The van der Waals surface area contributed by atoms with Crippen LogP contribution in [-0.2, 0) is 15.0 Å². The van der Waals surface area contributed by atoms with E-state index in [1.165, 1.54) is 12.1 Å². The molecule has 1 aromatic carbocycles. The van der Waals surface area contributed by atoms with Gasteiger partial charge in [0.05, 0.1) is 6.61 Å². The third kappa shape index (κ3) is 4.83. The molecule has 0 spiro atoms. The molecule has 11 heteroatoms. The van der Waals surface area contributed by atoms with Crippen LogP contribution in [0.2, 0.25) is 0 Å². The molecule has 6 nitrogen and oxygen atoms in total. The Morgan fingerprint density at radius 2 is 2.07 bits per heavy atom. The van der Waals surface area contributed by atoms with Gasteiger partial charge in [0.15, 0.2) is 11.3 Å². The largest absolute Gasteiger partial charge is 0.444 e. The van der Waals surface area contributed by atoms with Crippen molar-refractivity contribution in [1.82, 2.24) is 5.32 Å². The first-order valence-electron chi connectivity index (χ1n) is 9.27. The number of anilines is 1. The average molecular weight is 449 g/mol. The first-order chi connectivity index (χ1) is 13.8. The lowest BCUT2D eigenvalue weighted by Crippen LogP contribution is -2.54. The number of alkyl halides is 3. The van der Waals surface area contributed by atoms with Crippen molar-refractivity contribution >= 4 is 28.7 Å². The lowest BCUT2D eigenvalue weighted by molar-refractivity contribution is -0.245. The van der Waals surface area contributed by atoms with Gasteiger partial charge < -0.3 is 15.2 Å². The van der Waals surface area contributed by atoms with E-state index in [0.717, 1.165) is 17.8 Å². The number of carbonyl (C=O) groups is 1. The van der Waals surface area contributed by atoms with E-state index in [-0.39, 0.29) is 28.6 Å². The molecule has 1 aromatic rings. The molecule has 3 N–H and O–H groups in total. The van der Waals surface area contributed by atoms with Gasteiger partial charge in [-0.15, -0.1) is 0 Å². The summed E-state index contributed by atoms with van der Waals surface area (Å²) in [5.74, 6) is -1.15. The summed E-state index contributed by atoms with van der Waals surface area (Å²) in [5.41, 5.74) is 3.89. The molecule has 1 fully saturated rings. The van der Waals surface area contributed by atoms with Crippen LogP contribution in [0, 0.1) is 11.7 Å². The third-order valence-electron chi connectivity index (χ3n) is 4.83. The van der Waals surface area contributed by atoms with Crippen LogP contribution >= 0.6 is 11.8 Å². The maximum Gasteiger partial charge on any atom is 0.414 e.